The summed E-state index contributed by atoms with van der Waals surface area (Å²) in [6.07, 6.45) is 1.78. The van der Waals surface area contributed by atoms with E-state index >= 15 is 0 Å². The highest BCUT2D eigenvalue weighted by Crippen LogP contribution is 2.21. The first-order chi connectivity index (χ1) is 5.70. The van der Waals surface area contributed by atoms with E-state index in [9.17, 15) is 0 Å². The van der Waals surface area contributed by atoms with E-state index in [1.165, 1.54) is 0 Å². The fraction of sp³-hybridized carbons (Fsp3) is 0.375. The van der Waals surface area contributed by atoms with Crippen LogP contribution in [-0.4, -0.2) is 4.98 Å². The summed E-state index contributed by atoms with van der Waals surface area (Å²) in [6.45, 7) is 2.38. The molecule has 4 heteroatoms. The molecule has 0 unspecified atom stereocenters. The van der Waals surface area contributed by atoms with Gasteiger partial charge in [0.1, 0.15) is 0 Å². The molecule has 0 aliphatic rings. The van der Waals surface area contributed by atoms with E-state index in [-0.39, 0.29) is 0 Å². The van der Waals surface area contributed by atoms with Gasteiger partial charge in [0.05, 0.1) is 11.4 Å². The summed E-state index contributed by atoms with van der Waals surface area (Å²) in [5, 5.41) is 0.731. The van der Waals surface area contributed by atoms with Crippen LogP contribution in [0, 0.1) is 6.92 Å². The zero-order valence-corrected chi connectivity index (χ0v) is 8.56. The Balaban J connectivity index is 3.25. The van der Waals surface area contributed by atoms with Crippen molar-refractivity contribution in [1.82, 2.24) is 4.98 Å². The van der Waals surface area contributed by atoms with Crippen LogP contribution in [0.1, 0.15) is 16.8 Å². The second-order valence-electron chi connectivity index (χ2n) is 2.60. The van der Waals surface area contributed by atoms with Crippen LogP contribution in [0.15, 0.2) is 6.20 Å². The summed E-state index contributed by atoms with van der Waals surface area (Å²) in [4.78, 5) is 4.13. The van der Waals surface area contributed by atoms with Crippen molar-refractivity contribution < 1.29 is 0 Å². The second-order valence-corrected chi connectivity index (χ2v) is 3.16. The molecule has 12 heavy (non-hydrogen) atoms. The fourth-order valence-corrected chi connectivity index (χ4v) is 1.71. The van der Waals surface area contributed by atoms with Crippen LogP contribution in [0.5, 0.6) is 0 Å². The van der Waals surface area contributed by atoms with Gasteiger partial charge in [0.2, 0.25) is 0 Å². The quantitative estimate of drug-likeness (QED) is 0.753. The molecule has 0 bridgehead atoms. The normalized spacial score (nSPS) is 10.2. The molecule has 0 atom stereocenters. The molecule has 1 heterocycles. The van der Waals surface area contributed by atoms with E-state index in [0.29, 0.717) is 6.54 Å². The number of nitrogens with zero attached hydrogens (tertiary/aromatic N) is 1. The standard InChI is InChI=1S/C8H12BrN3/c1-5-8(11)7(2-9)6(3-10)4-12-5/h4H,2-3,10-11H2,1H3. The van der Waals surface area contributed by atoms with Gasteiger partial charge in [-0.2, -0.15) is 0 Å². The van der Waals surface area contributed by atoms with Gasteiger partial charge in [-0.3, -0.25) is 4.98 Å². The van der Waals surface area contributed by atoms with Gasteiger partial charge in [0.15, 0.2) is 0 Å². The summed E-state index contributed by atoms with van der Waals surface area (Å²) in [7, 11) is 0. The fourth-order valence-electron chi connectivity index (χ4n) is 1.05. The number of aryl methyl sites for hydroxylation is 1. The maximum Gasteiger partial charge on any atom is 0.0605 e. The van der Waals surface area contributed by atoms with Crippen LogP contribution in [0.3, 0.4) is 0 Å². The molecule has 1 aromatic rings. The van der Waals surface area contributed by atoms with E-state index in [1.54, 1.807) is 6.20 Å². The molecule has 0 radical (unpaired) electrons. The predicted octanol–water partition coefficient (Wildman–Crippen LogP) is 1.33. The van der Waals surface area contributed by atoms with Crippen molar-refractivity contribution in [3.05, 3.63) is 23.0 Å². The average Bonchev–Trinajstić information content (AvgIpc) is 2.09. The number of aromatic nitrogens is 1. The number of hydrogen-bond acceptors (Lipinski definition) is 3. The molecule has 0 aliphatic carbocycles. The molecule has 0 aliphatic heterocycles. The van der Waals surface area contributed by atoms with Crippen molar-refractivity contribution in [3.63, 3.8) is 0 Å². The van der Waals surface area contributed by atoms with Crippen molar-refractivity contribution in [2.75, 3.05) is 5.73 Å². The number of alkyl halides is 1. The van der Waals surface area contributed by atoms with Crippen LogP contribution < -0.4 is 11.5 Å². The minimum atomic E-state index is 0.485. The molecule has 0 spiro atoms. The number of nitrogens with two attached hydrogens (primary N) is 2. The molecular weight excluding hydrogens is 218 g/mol. The third-order valence-electron chi connectivity index (χ3n) is 1.87. The first-order valence-electron chi connectivity index (χ1n) is 3.69. The summed E-state index contributed by atoms with van der Waals surface area (Å²) >= 11 is 3.37. The molecule has 66 valence electrons. The smallest absolute Gasteiger partial charge is 0.0605 e. The van der Waals surface area contributed by atoms with Crippen LogP contribution in [-0.2, 0) is 11.9 Å². The van der Waals surface area contributed by atoms with Gasteiger partial charge in [-0.1, -0.05) is 15.9 Å². The average molecular weight is 230 g/mol. The topological polar surface area (TPSA) is 64.9 Å². The number of rotatable bonds is 2. The zero-order valence-electron chi connectivity index (χ0n) is 6.97. The molecule has 0 amide bonds. The van der Waals surface area contributed by atoms with Gasteiger partial charge in [0, 0.05) is 18.1 Å². The number of halogens is 1. The predicted molar refractivity (Wildman–Crippen MR) is 53.9 cm³/mol. The highest BCUT2D eigenvalue weighted by molar-refractivity contribution is 9.08. The lowest BCUT2D eigenvalue weighted by molar-refractivity contribution is 1.01. The molecule has 1 aromatic heterocycles. The summed E-state index contributed by atoms with van der Waals surface area (Å²) < 4.78 is 0. The van der Waals surface area contributed by atoms with Crippen LogP contribution in [0.4, 0.5) is 5.69 Å². The molecule has 0 aromatic carbocycles. The van der Waals surface area contributed by atoms with Crippen molar-refractivity contribution in [3.8, 4) is 0 Å². The maximum atomic E-state index is 5.82. The van der Waals surface area contributed by atoms with Crippen molar-refractivity contribution >= 4 is 21.6 Å². The molecule has 0 fully saturated rings. The Morgan fingerprint density at radius 2 is 2.25 bits per heavy atom. The van der Waals surface area contributed by atoms with Gasteiger partial charge in [0.25, 0.3) is 0 Å². The number of nitrogen functional groups attached to an aromatic ring is 1. The number of anilines is 1. The summed E-state index contributed by atoms with van der Waals surface area (Å²) in [6, 6.07) is 0. The van der Waals surface area contributed by atoms with Crippen molar-refractivity contribution in [2.24, 2.45) is 5.73 Å². The highest BCUT2D eigenvalue weighted by Gasteiger charge is 2.06. The lowest BCUT2D eigenvalue weighted by Crippen LogP contribution is -2.06. The van der Waals surface area contributed by atoms with Crippen LogP contribution in [0.25, 0.3) is 0 Å². The SMILES string of the molecule is Cc1ncc(CN)c(CBr)c1N. The Bertz CT molecular complexity index is 286. The number of pyridine rings is 1. The lowest BCUT2D eigenvalue weighted by atomic mass is 10.1. The molecular formula is C8H12BrN3. The monoisotopic (exact) mass is 229 g/mol. The van der Waals surface area contributed by atoms with Crippen molar-refractivity contribution in [1.29, 1.82) is 0 Å². The lowest BCUT2D eigenvalue weighted by Gasteiger charge is -2.09. The zero-order chi connectivity index (χ0) is 9.14. The van der Waals surface area contributed by atoms with E-state index in [0.717, 1.165) is 27.8 Å². The largest absolute Gasteiger partial charge is 0.397 e. The Morgan fingerprint density at radius 3 is 2.75 bits per heavy atom. The minimum Gasteiger partial charge on any atom is -0.397 e. The van der Waals surface area contributed by atoms with Gasteiger partial charge in [-0.15, -0.1) is 0 Å². The van der Waals surface area contributed by atoms with Gasteiger partial charge in [-0.05, 0) is 18.1 Å². The highest BCUT2D eigenvalue weighted by atomic mass is 79.9. The first-order valence-corrected chi connectivity index (χ1v) is 4.81. The van der Waals surface area contributed by atoms with E-state index < -0.39 is 0 Å². The van der Waals surface area contributed by atoms with E-state index in [4.69, 9.17) is 11.5 Å². The van der Waals surface area contributed by atoms with Gasteiger partial charge >= 0.3 is 0 Å². The Hall–Kier alpha value is -0.610. The molecule has 0 saturated heterocycles. The van der Waals surface area contributed by atoms with Gasteiger partial charge < -0.3 is 11.5 Å². The molecule has 0 saturated carbocycles. The Kier molecular flexibility index (Phi) is 3.05. The summed E-state index contributed by atoms with van der Waals surface area (Å²) in [5.41, 5.74) is 15.0. The molecule has 1 rings (SSSR count). The van der Waals surface area contributed by atoms with Crippen LogP contribution in [0.2, 0.25) is 0 Å². The second kappa shape index (κ2) is 3.87. The van der Waals surface area contributed by atoms with E-state index in [2.05, 4.69) is 20.9 Å². The molecule has 4 N–H and O–H groups in total. The minimum absolute atomic E-state index is 0.485. The Labute approximate surface area is 80.3 Å². The summed E-state index contributed by atoms with van der Waals surface area (Å²) in [5.74, 6) is 0. The van der Waals surface area contributed by atoms with Crippen LogP contribution >= 0.6 is 15.9 Å². The van der Waals surface area contributed by atoms with E-state index in [1.807, 2.05) is 6.92 Å². The first kappa shape index (κ1) is 9.48. The third kappa shape index (κ3) is 1.59. The van der Waals surface area contributed by atoms with Crippen molar-refractivity contribution in [2.45, 2.75) is 18.8 Å². The maximum absolute atomic E-state index is 5.82. The third-order valence-corrected chi connectivity index (χ3v) is 2.43. The number of hydrogen-bond donors (Lipinski definition) is 2. The van der Waals surface area contributed by atoms with Gasteiger partial charge in [-0.25, -0.2) is 0 Å². The molecule has 3 nitrogen and oxygen atoms in total. The Morgan fingerprint density at radius 1 is 1.58 bits per heavy atom.